The molecule has 4 aliphatic rings. The van der Waals surface area contributed by atoms with Crippen molar-refractivity contribution in [2.75, 3.05) is 40.4 Å². The van der Waals surface area contributed by atoms with Crippen molar-refractivity contribution in [1.82, 2.24) is 4.90 Å². The molecule has 32 heavy (non-hydrogen) atoms. The Morgan fingerprint density at radius 2 is 1.84 bits per heavy atom. The fourth-order valence-electron chi connectivity index (χ4n) is 8.24. The Morgan fingerprint density at radius 1 is 1.03 bits per heavy atom. The van der Waals surface area contributed by atoms with Crippen LogP contribution < -0.4 is 5.73 Å². The first-order valence-electron chi connectivity index (χ1n) is 13.1. The maximum atomic E-state index is 12.2. The molecule has 0 aromatic carbocycles. The second-order valence-corrected chi connectivity index (χ2v) is 12.0. The van der Waals surface area contributed by atoms with Crippen LogP contribution >= 0.6 is 0 Å². The van der Waals surface area contributed by atoms with E-state index in [0.717, 1.165) is 44.6 Å². The Hall–Kier alpha value is -0.690. The molecule has 6 heteroatoms. The predicted molar refractivity (Wildman–Crippen MR) is 128 cm³/mol. The molecule has 3 N–H and O–H groups in total. The Kier molecular flexibility index (Phi) is 7.27. The van der Waals surface area contributed by atoms with Gasteiger partial charge in [0.1, 0.15) is 6.61 Å². The van der Waals surface area contributed by atoms with Crippen LogP contribution in [0.15, 0.2) is 5.16 Å². The molecule has 0 amide bonds. The summed E-state index contributed by atoms with van der Waals surface area (Å²) in [5, 5.41) is 16.6. The van der Waals surface area contributed by atoms with Crippen LogP contribution in [0.1, 0.15) is 71.6 Å². The Labute approximate surface area is 195 Å². The standard InChI is InChI=1S/C26H47N3O3/c1-24-10-8-21(31-15-13-27)17-19(24)5-6-23-22(24)9-11-25(2)20(7-12-26(23,25)30)18-28-32-16-14-29(3)4/h18-23,30H,5-17,27H2,1-4H3/b28-18+/t19?,20?,21?,22-,23-,24+,25-,26-/m1/s1. The maximum Gasteiger partial charge on any atom is 0.129 e. The number of fused-ring (bicyclic) bond motifs is 5. The molecule has 184 valence electrons. The maximum absolute atomic E-state index is 12.2. The monoisotopic (exact) mass is 449 g/mol. The normalized spacial score (nSPS) is 46.2. The number of aliphatic hydroxyl groups is 1. The molecule has 0 aliphatic heterocycles. The van der Waals surface area contributed by atoms with Gasteiger partial charge in [-0.05, 0) is 95.1 Å². The molecule has 4 aliphatic carbocycles. The van der Waals surface area contributed by atoms with E-state index in [1.54, 1.807) is 0 Å². The van der Waals surface area contributed by atoms with E-state index in [1.165, 1.54) is 25.7 Å². The smallest absolute Gasteiger partial charge is 0.129 e. The van der Waals surface area contributed by atoms with Crippen LogP contribution in [0.2, 0.25) is 0 Å². The first kappa shape index (κ1) is 24.4. The van der Waals surface area contributed by atoms with Gasteiger partial charge in [-0.1, -0.05) is 19.0 Å². The first-order chi connectivity index (χ1) is 15.2. The van der Waals surface area contributed by atoms with Crippen LogP contribution in [0.3, 0.4) is 0 Å². The summed E-state index contributed by atoms with van der Waals surface area (Å²) in [5.41, 5.74) is 5.34. The quantitative estimate of drug-likeness (QED) is 0.336. The van der Waals surface area contributed by atoms with Crippen LogP contribution in [0.25, 0.3) is 0 Å². The molecule has 0 bridgehead atoms. The van der Waals surface area contributed by atoms with Crippen LogP contribution in [-0.4, -0.2) is 68.3 Å². The minimum Gasteiger partial charge on any atom is -0.395 e. The Balaban J connectivity index is 1.44. The van der Waals surface area contributed by atoms with Crippen LogP contribution in [0.5, 0.6) is 0 Å². The van der Waals surface area contributed by atoms with Crippen molar-refractivity contribution in [1.29, 1.82) is 0 Å². The molecule has 0 saturated heterocycles. The fraction of sp³-hybridized carbons (Fsp3) is 0.962. The third-order valence-electron chi connectivity index (χ3n) is 10.3. The summed E-state index contributed by atoms with van der Waals surface area (Å²) in [6.45, 7) is 7.63. The molecule has 6 nitrogen and oxygen atoms in total. The zero-order chi connectivity index (χ0) is 23.0. The van der Waals surface area contributed by atoms with E-state index < -0.39 is 5.60 Å². The average molecular weight is 450 g/mol. The number of likely N-dealkylation sites (N-methyl/N-ethyl adjacent to an activating group) is 1. The zero-order valence-corrected chi connectivity index (χ0v) is 20.9. The molecule has 0 aromatic rings. The third kappa shape index (κ3) is 4.14. The highest BCUT2D eigenvalue weighted by atomic mass is 16.6. The highest BCUT2D eigenvalue weighted by molar-refractivity contribution is 5.63. The van der Waals surface area contributed by atoms with E-state index >= 15 is 0 Å². The van der Waals surface area contributed by atoms with Gasteiger partial charge >= 0.3 is 0 Å². The lowest BCUT2D eigenvalue weighted by atomic mass is 9.43. The minimum atomic E-state index is -0.572. The van der Waals surface area contributed by atoms with Gasteiger partial charge in [0.15, 0.2) is 0 Å². The topological polar surface area (TPSA) is 80.3 Å². The third-order valence-corrected chi connectivity index (χ3v) is 10.3. The van der Waals surface area contributed by atoms with Gasteiger partial charge in [-0.15, -0.1) is 0 Å². The summed E-state index contributed by atoms with van der Waals surface area (Å²) in [4.78, 5) is 7.62. The zero-order valence-electron chi connectivity index (χ0n) is 20.9. The Bertz CT molecular complexity index is 673. The summed E-state index contributed by atoms with van der Waals surface area (Å²) < 4.78 is 6.05. The molecular weight excluding hydrogens is 402 g/mol. The number of hydrogen-bond acceptors (Lipinski definition) is 6. The van der Waals surface area contributed by atoms with Crippen molar-refractivity contribution in [2.45, 2.75) is 83.3 Å². The lowest BCUT2D eigenvalue weighted by Gasteiger charge is -2.63. The molecule has 0 radical (unpaired) electrons. The van der Waals surface area contributed by atoms with Crippen molar-refractivity contribution < 1.29 is 14.7 Å². The summed E-state index contributed by atoms with van der Waals surface area (Å²) in [7, 11) is 4.08. The molecule has 4 rings (SSSR count). The molecule has 4 saturated carbocycles. The highest BCUT2D eigenvalue weighted by Crippen LogP contribution is 2.68. The van der Waals surface area contributed by atoms with Crippen LogP contribution in [0, 0.1) is 34.5 Å². The van der Waals surface area contributed by atoms with Gasteiger partial charge in [0.25, 0.3) is 0 Å². The summed E-state index contributed by atoms with van der Waals surface area (Å²) >= 11 is 0. The lowest BCUT2D eigenvalue weighted by Crippen LogP contribution is -2.62. The van der Waals surface area contributed by atoms with Gasteiger partial charge in [0.05, 0.1) is 18.3 Å². The van der Waals surface area contributed by atoms with E-state index in [4.69, 9.17) is 15.3 Å². The number of oxime groups is 1. The van der Waals surface area contributed by atoms with Crippen molar-refractivity contribution in [3.05, 3.63) is 0 Å². The number of nitrogens with zero attached hydrogens (tertiary/aromatic N) is 2. The minimum absolute atomic E-state index is 0.0901. The number of hydrogen-bond donors (Lipinski definition) is 2. The average Bonchev–Trinajstić information content (AvgIpc) is 3.02. The summed E-state index contributed by atoms with van der Waals surface area (Å²) in [6.07, 6.45) is 12.6. The highest BCUT2D eigenvalue weighted by Gasteiger charge is 2.67. The molecule has 4 fully saturated rings. The van der Waals surface area contributed by atoms with Crippen molar-refractivity contribution in [3.8, 4) is 0 Å². The van der Waals surface area contributed by atoms with Gasteiger partial charge in [-0.25, -0.2) is 0 Å². The summed E-state index contributed by atoms with van der Waals surface area (Å²) in [6, 6.07) is 0. The Morgan fingerprint density at radius 3 is 2.59 bits per heavy atom. The molecular formula is C26H47N3O3. The largest absolute Gasteiger partial charge is 0.395 e. The van der Waals surface area contributed by atoms with E-state index in [1.807, 2.05) is 20.3 Å². The van der Waals surface area contributed by atoms with Crippen LogP contribution in [0.4, 0.5) is 0 Å². The van der Waals surface area contributed by atoms with Crippen molar-refractivity contribution in [3.63, 3.8) is 0 Å². The van der Waals surface area contributed by atoms with Gasteiger partial charge in [0.2, 0.25) is 0 Å². The predicted octanol–water partition coefficient (Wildman–Crippen LogP) is 3.67. The van der Waals surface area contributed by atoms with Gasteiger partial charge in [-0.3, -0.25) is 0 Å². The van der Waals surface area contributed by atoms with Gasteiger partial charge in [-0.2, -0.15) is 0 Å². The van der Waals surface area contributed by atoms with E-state index in [9.17, 15) is 5.11 Å². The van der Waals surface area contributed by atoms with Crippen molar-refractivity contribution >= 4 is 6.21 Å². The molecule has 8 atom stereocenters. The second kappa shape index (κ2) is 9.52. The SMILES string of the molecule is CN(C)CCO/N=C/C1CC[C@@]2(O)[C@@H]3CCC4CC(OCCN)CC[C@]4(C)[C@@H]3CC[C@]12C. The number of ether oxygens (including phenoxy) is 1. The fourth-order valence-corrected chi connectivity index (χ4v) is 8.24. The summed E-state index contributed by atoms with van der Waals surface area (Å²) in [5.74, 6) is 2.06. The second-order valence-electron chi connectivity index (χ2n) is 12.0. The van der Waals surface area contributed by atoms with Crippen molar-refractivity contribution in [2.24, 2.45) is 45.4 Å². The van der Waals surface area contributed by atoms with E-state index in [-0.39, 0.29) is 5.41 Å². The van der Waals surface area contributed by atoms with E-state index in [0.29, 0.717) is 49.0 Å². The number of rotatable bonds is 8. The number of nitrogens with two attached hydrogens (primary N) is 1. The molecule has 3 unspecified atom stereocenters. The van der Waals surface area contributed by atoms with Crippen LogP contribution in [-0.2, 0) is 9.57 Å². The first-order valence-corrected chi connectivity index (χ1v) is 13.1. The molecule has 0 spiro atoms. The lowest BCUT2D eigenvalue weighted by molar-refractivity contribution is -0.207. The van der Waals surface area contributed by atoms with E-state index in [2.05, 4.69) is 23.9 Å². The molecule has 0 heterocycles. The van der Waals surface area contributed by atoms with Gasteiger partial charge in [0, 0.05) is 30.6 Å². The van der Waals surface area contributed by atoms with Gasteiger partial charge < -0.3 is 25.3 Å². The molecule has 0 aromatic heterocycles.